The number of nitrogens with zero attached hydrogens (tertiary/aromatic N) is 3. The number of aryl methyl sites for hydroxylation is 1. The lowest BCUT2D eigenvalue weighted by molar-refractivity contribution is 0.110. The number of aromatic nitrogens is 2. The summed E-state index contributed by atoms with van der Waals surface area (Å²) >= 11 is 0. The molecule has 2 fully saturated rings. The van der Waals surface area contributed by atoms with Gasteiger partial charge < -0.3 is 20.1 Å². The summed E-state index contributed by atoms with van der Waals surface area (Å²) in [6, 6.07) is -0.319. The van der Waals surface area contributed by atoms with Gasteiger partial charge in [-0.1, -0.05) is 0 Å². The van der Waals surface area contributed by atoms with E-state index in [4.69, 9.17) is 4.74 Å². The number of methoxy groups -OCH3 is 1. The summed E-state index contributed by atoms with van der Waals surface area (Å²) in [6.07, 6.45) is 5.01. The fourth-order valence-electron chi connectivity index (χ4n) is 3.16. The maximum absolute atomic E-state index is 12.4. The van der Waals surface area contributed by atoms with Crippen LogP contribution in [0.2, 0.25) is 0 Å². The minimum Gasteiger partial charge on any atom is -0.394 e. The Labute approximate surface area is 130 Å². The summed E-state index contributed by atoms with van der Waals surface area (Å²) in [4.78, 5) is 14.1. The number of urea groups is 1. The van der Waals surface area contributed by atoms with E-state index in [0.29, 0.717) is 25.4 Å². The first-order valence-electron chi connectivity index (χ1n) is 7.83. The second kappa shape index (κ2) is 6.26. The van der Waals surface area contributed by atoms with Crippen molar-refractivity contribution < 1.29 is 14.6 Å². The van der Waals surface area contributed by atoms with Crippen molar-refractivity contribution in [2.75, 3.05) is 20.3 Å². The van der Waals surface area contributed by atoms with Gasteiger partial charge in [-0.3, -0.25) is 4.68 Å². The number of hydrogen-bond donors (Lipinski definition) is 2. The highest BCUT2D eigenvalue weighted by Gasteiger charge is 2.35. The van der Waals surface area contributed by atoms with Gasteiger partial charge in [0, 0.05) is 20.7 Å². The molecule has 2 amide bonds. The van der Waals surface area contributed by atoms with Crippen LogP contribution in [0, 0.1) is 0 Å². The Morgan fingerprint density at radius 1 is 1.55 bits per heavy atom. The molecule has 2 aliphatic rings. The van der Waals surface area contributed by atoms with Gasteiger partial charge in [0.1, 0.15) is 0 Å². The molecule has 2 heterocycles. The van der Waals surface area contributed by atoms with Crippen LogP contribution < -0.4 is 5.32 Å². The van der Waals surface area contributed by atoms with Gasteiger partial charge in [0.2, 0.25) is 0 Å². The van der Waals surface area contributed by atoms with Crippen molar-refractivity contribution in [3.8, 4) is 0 Å². The Hall–Kier alpha value is -1.60. The normalized spacial score (nSPS) is 24.8. The van der Waals surface area contributed by atoms with E-state index in [0.717, 1.165) is 5.69 Å². The minimum absolute atomic E-state index is 0.00151. The van der Waals surface area contributed by atoms with Gasteiger partial charge in [0.15, 0.2) is 0 Å². The molecule has 2 atom stereocenters. The number of hydrogen-bond acceptors (Lipinski definition) is 4. The van der Waals surface area contributed by atoms with Crippen molar-refractivity contribution in [2.45, 2.75) is 43.9 Å². The molecule has 2 N–H and O–H groups in total. The molecule has 0 aromatic carbocycles. The van der Waals surface area contributed by atoms with Crippen LogP contribution in [0.1, 0.15) is 36.4 Å². The van der Waals surface area contributed by atoms with Gasteiger partial charge in [-0.2, -0.15) is 5.10 Å². The molecular formula is C15H24N4O3. The van der Waals surface area contributed by atoms with E-state index in [1.165, 1.54) is 18.4 Å². The van der Waals surface area contributed by atoms with Crippen LogP contribution in [0.5, 0.6) is 0 Å². The molecule has 1 aromatic heterocycles. The summed E-state index contributed by atoms with van der Waals surface area (Å²) < 4.78 is 7.14. The Kier molecular flexibility index (Phi) is 4.35. The Morgan fingerprint density at radius 3 is 2.95 bits per heavy atom. The Balaban J connectivity index is 1.61. The number of likely N-dealkylation sites (tertiary alicyclic amines) is 1. The molecule has 0 unspecified atom stereocenters. The number of amides is 2. The SMILES string of the molecule is CO[C@@H]1C[C@@H](CO)N(C(=O)NCc2c(C3CC3)cnn2C)C1. The molecule has 0 bridgehead atoms. The standard InChI is InChI=1S/C15H24N4O3/c1-18-14(13(6-17-18)10-3-4-10)7-16-15(21)19-8-12(22-2)5-11(19)9-20/h6,10-12,20H,3-5,7-9H2,1-2H3,(H,16,21)/t11-,12+/m0/s1. The summed E-state index contributed by atoms with van der Waals surface area (Å²) in [5.41, 5.74) is 2.32. The third-order valence-electron chi connectivity index (χ3n) is 4.70. The van der Waals surface area contributed by atoms with E-state index < -0.39 is 0 Å². The average Bonchev–Trinajstić information content (AvgIpc) is 3.17. The number of nitrogens with one attached hydrogen (secondary N) is 1. The second-order valence-electron chi connectivity index (χ2n) is 6.19. The number of aliphatic hydroxyl groups excluding tert-OH is 1. The van der Waals surface area contributed by atoms with Gasteiger partial charge in [-0.25, -0.2) is 4.79 Å². The van der Waals surface area contributed by atoms with Crippen molar-refractivity contribution in [3.63, 3.8) is 0 Å². The van der Waals surface area contributed by atoms with Crippen LogP contribution in [-0.2, 0) is 18.3 Å². The van der Waals surface area contributed by atoms with E-state index in [9.17, 15) is 9.90 Å². The van der Waals surface area contributed by atoms with Gasteiger partial charge in [-0.15, -0.1) is 0 Å². The van der Waals surface area contributed by atoms with Crippen molar-refractivity contribution in [1.82, 2.24) is 20.0 Å². The highest BCUT2D eigenvalue weighted by Crippen LogP contribution is 2.41. The highest BCUT2D eigenvalue weighted by molar-refractivity contribution is 5.75. The van der Waals surface area contributed by atoms with Crippen LogP contribution in [-0.4, -0.2) is 58.2 Å². The molecule has 0 radical (unpaired) electrons. The molecule has 1 aliphatic carbocycles. The first-order valence-corrected chi connectivity index (χ1v) is 7.83. The minimum atomic E-state index is -0.167. The predicted molar refractivity (Wildman–Crippen MR) is 80.4 cm³/mol. The van der Waals surface area contributed by atoms with E-state index >= 15 is 0 Å². The number of rotatable bonds is 5. The summed E-state index contributed by atoms with van der Waals surface area (Å²) in [7, 11) is 3.54. The fraction of sp³-hybridized carbons (Fsp3) is 0.733. The molecule has 1 aliphatic heterocycles. The van der Waals surface area contributed by atoms with Crippen LogP contribution in [0.3, 0.4) is 0 Å². The fourth-order valence-corrected chi connectivity index (χ4v) is 3.16. The molecule has 7 heteroatoms. The molecule has 3 rings (SSSR count). The van der Waals surface area contributed by atoms with Crippen molar-refractivity contribution in [2.24, 2.45) is 7.05 Å². The predicted octanol–water partition coefficient (Wildman–Crippen LogP) is 0.589. The molecule has 0 spiro atoms. The molecular weight excluding hydrogens is 284 g/mol. The molecule has 1 saturated heterocycles. The zero-order chi connectivity index (χ0) is 15.7. The lowest BCUT2D eigenvalue weighted by Gasteiger charge is -2.23. The lowest BCUT2D eigenvalue weighted by atomic mass is 10.1. The van der Waals surface area contributed by atoms with Crippen LogP contribution in [0.25, 0.3) is 0 Å². The first kappa shape index (κ1) is 15.3. The molecule has 22 heavy (non-hydrogen) atoms. The number of ether oxygens (including phenoxy) is 1. The van der Waals surface area contributed by atoms with Crippen molar-refractivity contribution in [3.05, 3.63) is 17.5 Å². The number of carbonyl (C=O) groups excluding carboxylic acids is 1. The van der Waals surface area contributed by atoms with E-state index in [1.807, 2.05) is 17.9 Å². The maximum atomic E-state index is 12.4. The van der Waals surface area contributed by atoms with E-state index in [-0.39, 0.29) is 24.8 Å². The monoisotopic (exact) mass is 308 g/mol. The third-order valence-corrected chi connectivity index (χ3v) is 4.70. The third kappa shape index (κ3) is 2.96. The van der Waals surface area contributed by atoms with Crippen LogP contribution in [0.15, 0.2) is 6.20 Å². The van der Waals surface area contributed by atoms with Crippen molar-refractivity contribution >= 4 is 6.03 Å². The molecule has 1 aromatic rings. The van der Waals surface area contributed by atoms with Gasteiger partial charge in [-0.05, 0) is 30.7 Å². The zero-order valence-electron chi connectivity index (χ0n) is 13.2. The summed E-state index contributed by atoms with van der Waals surface area (Å²) in [5.74, 6) is 0.607. The smallest absolute Gasteiger partial charge is 0.318 e. The van der Waals surface area contributed by atoms with E-state index in [1.54, 1.807) is 12.0 Å². The van der Waals surface area contributed by atoms with Gasteiger partial charge in [0.05, 0.1) is 37.2 Å². The Morgan fingerprint density at radius 2 is 2.32 bits per heavy atom. The summed E-state index contributed by atoms with van der Waals surface area (Å²) in [6.45, 7) is 0.953. The van der Waals surface area contributed by atoms with Gasteiger partial charge in [0.25, 0.3) is 0 Å². The number of aliphatic hydroxyl groups is 1. The zero-order valence-corrected chi connectivity index (χ0v) is 13.2. The lowest BCUT2D eigenvalue weighted by Crippen LogP contribution is -2.44. The first-order chi connectivity index (χ1) is 10.6. The van der Waals surface area contributed by atoms with Crippen LogP contribution in [0.4, 0.5) is 4.79 Å². The molecule has 7 nitrogen and oxygen atoms in total. The topological polar surface area (TPSA) is 79.6 Å². The molecule has 122 valence electrons. The molecule has 1 saturated carbocycles. The maximum Gasteiger partial charge on any atom is 0.318 e. The Bertz CT molecular complexity index is 541. The second-order valence-corrected chi connectivity index (χ2v) is 6.19. The number of carbonyl (C=O) groups is 1. The quantitative estimate of drug-likeness (QED) is 0.834. The highest BCUT2D eigenvalue weighted by atomic mass is 16.5. The summed E-state index contributed by atoms with van der Waals surface area (Å²) in [5, 5.41) is 16.7. The van der Waals surface area contributed by atoms with E-state index in [2.05, 4.69) is 10.4 Å². The largest absolute Gasteiger partial charge is 0.394 e. The van der Waals surface area contributed by atoms with Gasteiger partial charge >= 0.3 is 6.03 Å². The van der Waals surface area contributed by atoms with Crippen molar-refractivity contribution in [1.29, 1.82) is 0 Å². The average molecular weight is 308 g/mol. The van der Waals surface area contributed by atoms with Crippen LogP contribution >= 0.6 is 0 Å².